The number of hydrogen-bond acceptors (Lipinski definition) is 1. The van der Waals surface area contributed by atoms with Crippen molar-refractivity contribution >= 4 is 0 Å². The van der Waals surface area contributed by atoms with Crippen LogP contribution in [0, 0.1) is 52.3 Å². The molecule has 1 N–H and O–H groups in total. The lowest BCUT2D eigenvalue weighted by Crippen LogP contribution is -2.52. The largest absolute Gasteiger partial charge is 0.513 e. The number of aliphatic hydroxyl groups is 1. The zero-order valence-electron chi connectivity index (χ0n) is 19.3. The summed E-state index contributed by atoms with van der Waals surface area (Å²) in [7, 11) is 0. The van der Waals surface area contributed by atoms with E-state index in [1.54, 1.807) is 0 Å². The quantitative estimate of drug-likeness (QED) is 0.505. The zero-order chi connectivity index (χ0) is 20.1. The molecule has 0 heterocycles. The van der Waals surface area contributed by atoms with Crippen LogP contribution >= 0.6 is 0 Å². The van der Waals surface area contributed by atoms with E-state index in [-0.39, 0.29) is 0 Å². The predicted molar refractivity (Wildman–Crippen MR) is 119 cm³/mol. The van der Waals surface area contributed by atoms with E-state index < -0.39 is 0 Å². The molecule has 0 bridgehead atoms. The minimum absolute atomic E-state index is 0.456. The van der Waals surface area contributed by atoms with Crippen molar-refractivity contribution < 1.29 is 5.11 Å². The molecule has 0 radical (unpaired) electrons. The normalized spacial score (nSPS) is 46.5. The molecule has 0 unspecified atom stereocenters. The minimum Gasteiger partial charge on any atom is -0.513 e. The minimum atomic E-state index is 0.456. The molecule has 28 heavy (non-hydrogen) atoms. The third-order valence-corrected chi connectivity index (χ3v) is 10.5. The van der Waals surface area contributed by atoms with E-state index in [0.717, 1.165) is 54.3 Å². The second-order valence-electron chi connectivity index (χ2n) is 12.3. The summed E-state index contributed by atoms with van der Waals surface area (Å²) < 4.78 is 0. The molecule has 0 aromatic carbocycles. The number of aliphatic hydroxyl groups excluding tert-OH is 1. The van der Waals surface area contributed by atoms with Gasteiger partial charge in [-0.05, 0) is 103 Å². The van der Waals surface area contributed by atoms with E-state index in [2.05, 4.69) is 40.7 Å². The Balaban J connectivity index is 1.48. The lowest BCUT2D eigenvalue weighted by atomic mass is 9.45. The Hall–Kier alpha value is -0.460. The molecular weight excluding hydrogens is 340 g/mol. The Labute approximate surface area is 174 Å². The lowest BCUT2D eigenvalue weighted by molar-refractivity contribution is -0.104. The molecule has 1 nitrogen and oxygen atoms in total. The molecule has 0 spiro atoms. The summed E-state index contributed by atoms with van der Waals surface area (Å²) in [5.74, 6) is 6.98. The zero-order valence-corrected chi connectivity index (χ0v) is 19.3. The molecule has 3 saturated carbocycles. The van der Waals surface area contributed by atoms with Crippen LogP contribution in [0.25, 0.3) is 0 Å². The highest BCUT2D eigenvalue weighted by atomic mass is 16.3. The molecule has 8 atom stereocenters. The molecule has 4 aliphatic carbocycles. The van der Waals surface area contributed by atoms with E-state index in [0.29, 0.717) is 16.6 Å². The van der Waals surface area contributed by atoms with Crippen molar-refractivity contribution in [2.45, 2.75) is 105 Å². The van der Waals surface area contributed by atoms with E-state index >= 15 is 0 Å². The fourth-order valence-corrected chi connectivity index (χ4v) is 8.89. The van der Waals surface area contributed by atoms with Crippen LogP contribution in [0.15, 0.2) is 11.8 Å². The van der Waals surface area contributed by atoms with Gasteiger partial charge in [0.15, 0.2) is 0 Å². The van der Waals surface area contributed by atoms with Gasteiger partial charge in [-0.25, -0.2) is 0 Å². The molecule has 0 saturated heterocycles. The van der Waals surface area contributed by atoms with Gasteiger partial charge in [0, 0.05) is 6.42 Å². The van der Waals surface area contributed by atoms with Crippen molar-refractivity contribution in [2.24, 2.45) is 52.3 Å². The van der Waals surface area contributed by atoms with Crippen molar-refractivity contribution in [2.75, 3.05) is 0 Å². The first-order chi connectivity index (χ1) is 13.3. The molecule has 0 amide bonds. The van der Waals surface area contributed by atoms with Crippen molar-refractivity contribution in [3.05, 3.63) is 11.8 Å². The monoisotopic (exact) mass is 386 g/mol. The van der Waals surface area contributed by atoms with Gasteiger partial charge in [0.1, 0.15) is 0 Å². The first-order valence-corrected chi connectivity index (χ1v) is 12.6. The molecule has 160 valence electrons. The van der Waals surface area contributed by atoms with Crippen LogP contribution in [-0.4, -0.2) is 5.11 Å². The van der Waals surface area contributed by atoms with Crippen LogP contribution in [0.1, 0.15) is 105 Å². The second-order valence-corrected chi connectivity index (χ2v) is 12.3. The van der Waals surface area contributed by atoms with Crippen LogP contribution in [-0.2, 0) is 0 Å². The fourth-order valence-electron chi connectivity index (χ4n) is 8.89. The second kappa shape index (κ2) is 7.66. The summed E-state index contributed by atoms with van der Waals surface area (Å²) in [5.41, 5.74) is 1.06. The number of hydrogen-bond donors (Lipinski definition) is 1. The summed E-state index contributed by atoms with van der Waals surface area (Å²) in [4.78, 5) is 0. The average Bonchev–Trinajstić information content (AvgIpc) is 2.99. The summed E-state index contributed by atoms with van der Waals surface area (Å²) in [6, 6.07) is 0. The van der Waals surface area contributed by atoms with Gasteiger partial charge in [0.25, 0.3) is 0 Å². The molecule has 3 fully saturated rings. The maximum atomic E-state index is 10.1. The van der Waals surface area contributed by atoms with Crippen molar-refractivity contribution in [3.8, 4) is 0 Å². The lowest BCUT2D eigenvalue weighted by Gasteiger charge is -2.60. The first kappa shape index (κ1) is 20.8. The van der Waals surface area contributed by atoms with Crippen LogP contribution in [0.2, 0.25) is 0 Å². The average molecular weight is 387 g/mol. The predicted octanol–water partition coefficient (Wildman–Crippen LogP) is 8.16. The van der Waals surface area contributed by atoms with Gasteiger partial charge in [0.2, 0.25) is 0 Å². The van der Waals surface area contributed by atoms with E-state index in [9.17, 15) is 5.11 Å². The molecule has 4 aliphatic rings. The third-order valence-electron chi connectivity index (χ3n) is 10.5. The summed E-state index contributed by atoms with van der Waals surface area (Å²) in [6.07, 6.45) is 17.2. The molecule has 0 aromatic heterocycles. The Morgan fingerprint density at radius 3 is 2.46 bits per heavy atom. The Morgan fingerprint density at radius 1 is 0.964 bits per heavy atom. The molecule has 0 aliphatic heterocycles. The summed E-state index contributed by atoms with van der Waals surface area (Å²) in [5, 5.41) is 10.1. The van der Waals surface area contributed by atoms with E-state index in [1.807, 2.05) is 0 Å². The summed E-state index contributed by atoms with van der Waals surface area (Å²) >= 11 is 0. The van der Waals surface area contributed by atoms with Gasteiger partial charge in [0.05, 0.1) is 5.76 Å². The Kier molecular flexibility index (Phi) is 5.69. The van der Waals surface area contributed by atoms with Crippen LogP contribution in [0.3, 0.4) is 0 Å². The summed E-state index contributed by atoms with van der Waals surface area (Å²) in [6.45, 7) is 12.6. The highest BCUT2D eigenvalue weighted by molar-refractivity contribution is 5.14. The van der Waals surface area contributed by atoms with Crippen LogP contribution in [0.5, 0.6) is 0 Å². The van der Waals surface area contributed by atoms with Gasteiger partial charge >= 0.3 is 0 Å². The number of rotatable bonds is 5. The molecule has 0 aromatic rings. The van der Waals surface area contributed by atoms with Gasteiger partial charge in [-0.2, -0.15) is 0 Å². The maximum Gasteiger partial charge on any atom is 0.0886 e. The van der Waals surface area contributed by atoms with Crippen molar-refractivity contribution in [3.63, 3.8) is 0 Å². The highest BCUT2D eigenvalue weighted by Gasteiger charge is 2.60. The number of fused-ring (bicyclic) bond motifs is 5. The van der Waals surface area contributed by atoms with E-state index in [4.69, 9.17) is 0 Å². The smallest absolute Gasteiger partial charge is 0.0886 e. The standard InChI is InChI=1S/C27H46O/c1-18(2)7-6-8-19(3)23-11-12-24-22-10-9-20-17-21(28)13-15-26(20,4)25(22)14-16-27(23,24)5/h13,18-20,22-25,28H,6-12,14-17H2,1-5H3/t19-,20+,22+,23-,24+,25+,26+,27-/m1/s1. The maximum absolute atomic E-state index is 10.1. The van der Waals surface area contributed by atoms with Gasteiger partial charge in [-0.3, -0.25) is 0 Å². The molecule has 1 heteroatoms. The van der Waals surface area contributed by atoms with Crippen LogP contribution in [0.4, 0.5) is 0 Å². The molecule has 4 rings (SSSR count). The SMILES string of the molecule is CC(C)CCC[C@@H](C)[C@H]1CC[C@H]2[C@@H]3CC[C@H]4CC(O)=CC[C@]4(C)[C@H]3CC[C@]12C. The van der Waals surface area contributed by atoms with E-state index in [1.165, 1.54) is 57.8 Å². The molecular formula is C27H46O. The Morgan fingerprint density at radius 2 is 1.71 bits per heavy atom. The van der Waals surface area contributed by atoms with Crippen LogP contribution < -0.4 is 0 Å². The van der Waals surface area contributed by atoms with Gasteiger partial charge in [-0.1, -0.05) is 53.9 Å². The van der Waals surface area contributed by atoms with Crippen molar-refractivity contribution in [1.29, 1.82) is 0 Å². The highest BCUT2D eigenvalue weighted by Crippen LogP contribution is 2.68. The first-order valence-electron chi connectivity index (χ1n) is 12.6. The fraction of sp³-hybridized carbons (Fsp3) is 0.926. The van der Waals surface area contributed by atoms with Gasteiger partial charge < -0.3 is 5.11 Å². The van der Waals surface area contributed by atoms with Crippen molar-refractivity contribution in [1.82, 2.24) is 0 Å². The number of allylic oxidation sites excluding steroid dienone is 2. The topological polar surface area (TPSA) is 20.2 Å². The van der Waals surface area contributed by atoms with Gasteiger partial charge in [-0.15, -0.1) is 0 Å². The third kappa shape index (κ3) is 3.37. The Bertz CT molecular complexity index is 591.